The van der Waals surface area contributed by atoms with Crippen LogP contribution in [0.4, 0.5) is 5.69 Å². The number of carbonyl (C=O) groups excluding carboxylic acids is 1. The van der Waals surface area contributed by atoms with Gasteiger partial charge < -0.3 is 15.4 Å². The van der Waals surface area contributed by atoms with E-state index in [9.17, 15) is 4.79 Å². The number of rotatable bonds is 4. The van der Waals surface area contributed by atoms with Gasteiger partial charge in [0.25, 0.3) is 0 Å². The van der Waals surface area contributed by atoms with E-state index >= 15 is 0 Å². The molecule has 1 aromatic rings. The zero-order valence-electron chi connectivity index (χ0n) is 9.93. The highest BCUT2D eigenvalue weighted by Gasteiger charge is 2.33. The molecule has 1 aliphatic rings. The summed E-state index contributed by atoms with van der Waals surface area (Å²) in [6.45, 7) is 3.59. The van der Waals surface area contributed by atoms with Crippen LogP contribution < -0.4 is 10.6 Å². The molecule has 1 heterocycles. The zero-order chi connectivity index (χ0) is 13.2. The fourth-order valence-corrected chi connectivity index (χ4v) is 2.50. The molecule has 0 unspecified atom stereocenters. The summed E-state index contributed by atoms with van der Waals surface area (Å²) in [6.07, 6.45) is 0. The van der Waals surface area contributed by atoms with Crippen molar-refractivity contribution in [2.45, 2.75) is 12.5 Å². The maximum absolute atomic E-state index is 11.7. The molecule has 2 N–H and O–H groups in total. The lowest BCUT2D eigenvalue weighted by Crippen LogP contribution is -2.59. The van der Waals surface area contributed by atoms with Crippen molar-refractivity contribution in [2.75, 3.05) is 25.0 Å². The number of halogens is 2. The summed E-state index contributed by atoms with van der Waals surface area (Å²) in [4.78, 5) is 11.7. The van der Waals surface area contributed by atoms with E-state index in [2.05, 4.69) is 33.2 Å². The third-order valence-corrected chi connectivity index (χ3v) is 3.74. The summed E-state index contributed by atoms with van der Waals surface area (Å²) in [5.74, 6) is -0.189. The third-order valence-electron chi connectivity index (χ3n) is 2.75. The van der Waals surface area contributed by atoms with Gasteiger partial charge in [-0.1, -0.05) is 11.6 Å². The summed E-state index contributed by atoms with van der Waals surface area (Å²) < 4.78 is 6.57. The van der Waals surface area contributed by atoms with Crippen molar-refractivity contribution < 1.29 is 9.53 Å². The molecule has 0 saturated carbocycles. The van der Waals surface area contributed by atoms with Crippen LogP contribution in [-0.2, 0) is 9.53 Å². The smallest absolute Gasteiger partial charge is 0.250 e. The number of hydrogen-bond donors (Lipinski definition) is 2. The normalized spacial score (nSPS) is 17.1. The predicted molar refractivity (Wildman–Crippen MR) is 80.0 cm³/mol. The van der Waals surface area contributed by atoms with Gasteiger partial charge in [0.2, 0.25) is 5.91 Å². The van der Waals surface area contributed by atoms with Crippen LogP contribution in [-0.4, -0.2) is 31.2 Å². The van der Waals surface area contributed by atoms with Crippen LogP contribution in [0.5, 0.6) is 0 Å². The number of ether oxygens (including phenoxy) is 1. The van der Waals surface area contributed by atoms with E-state index in [0.717, 1.165) is 16.7 Å². The first-order chi connectivity index (χ1) is 8.48. The monoisotopic (exact) mass is 380 g/mol. The van der Waals surface area contributed by atoms with Crippen molar-refractivity contribution in [3.8, 4) is 0 Å². The Labute approximate surface area is 125 Å². The first-order valence-electron chi connectivity index (χ1n) is 5.58. The number of anilines is 1. The second-order valence-corrected chi connectivity index (χ2v) is 6.17. The summed E-state index contributed by atoms with van der Waals surface area (Å²) in [5, 5.41) is 6.38. The second kappa shape index (κ2) is 5.73. The summed E-state index contributed by atoms with van der Waals surface area (Å²) in [5.41, 5.74) is 0.398. The van der Waals surface area contributed by atoms with E-state index in [-0.39, 0.29) is 18.1 Å². The Morgan fingerprint density at radius 2 is 2.33 bits per heavy atom. The molecule has 18 heavy (non-hydrogen) atoms. The van der Waals surface area contributed by atoms with Crippen LogP contribution in [0.15, 0.2) is 18.2 Å². The molecule has 6 heteroatoms. The fourth-order valence-electron chi connectivity index (χ4n) is 1.60. The van der Waals surface area contributed by atoms with Crippen molar-refractivity contribution in [1.82, 2.24) is 5.32 Å². The number of hydrogen-bond acceptors (Lipinski definition) is 3. The molecule has 1 saturated heterocycles. The van der Waals surface area contributed by atoms with Crippen molar-refractivity contribution >= 4 is 45.8 Å². The minimum atomic E-state index is -0.215. The van der Waals surface area contributed by atoms with Gasteiger partial charge in [0, 0.05) is 16.7 Å². The van der Waals surface area contributed by atoms with Gasteiger partial charge in [0.15, 0.2) is 0 Å². The van der Waals surface area contributed by atoms with E-state index in [0.29, 0.717) is 10.7 Å². The molecule has 0 aliphatic carbocycles. The molecule has 98 valence electrons. The first-order valence-corrected chi connectivity index (χ1v) is 7.04. The lowest BCUT2D eigenvalue weighted by molar-refractivity contribution is -0.130. The van der Waals surface area contributed by atoms with Crippen LogP contribution in [0.25, 0.3) is 0 Å². The van der Waals surface area contributed by atoms with Gasteiger partial charge in [-0.15, -0.1) is 0 Å². The quantitative estimate of drug-likeness (QED) is 0.788. The van der Waals surface area contributed by atoms with Gasteiger partial charge in [-0.2, -0.15) is 0 Å². The Bertz CT molecular complexity index is 463. The third kappa shape index (κ3) is 3.57. The maximum Gasteiger partial charge on any atom is 0.250 e. The van der Waals surface area contributed by atoms with Gasteiger partial charge in [-0.25, -0.2) is 0 Å². The first kappa shape index (κ1) is 14.0. The Kier molecular flexibility index (Phi) is 4.47. The van der Waals surface area contributed by atoms with Crippen LogP contribution in [0, 0.1) is 3.57 Å². The lowest BCUT2D eigenvalue weighted by atomic mass is 10.0. The molecular weight excluding hydrogens is 367 g/mol. The Morgan fingerprint density at radius 3 is 2.89 bits per heavy atom. The highest BCUT2D eigenvalue weighted by atomic mass is 127. The highest BCUT2D eigenvalue weighted by molar-refractivity contribution is 14.1. The maximum atomic E-state index is 11.7. The van der Waals surface area contributed by atoms with Gasteiger partial charge in [0.1, 0.15) is 6.61 Å². The average Bonchev–Trinajstić information content (AvgIpc) is 2.28. The molecule has 1 aromatic carbocycles. The van der Waals surface area contributed by atoms with Gasteiger partial charge >= 0.3 is 0 Å². The number of benzene rings is 1. The van der Waals surface area contributed by atoms with Gasteiger partial charge in [-0.05, 0) is 47.7 Å². The number of amides is 1. The van der Waals surface area contributed by atoms with E-state index in [4.69, 9.17) is 16.3 Å². The molecule has 0 radical (unpaired) electrons. The molecule has 1 aliphatic heterocycles. The van der Waals surface area contributed by atoms with E-state index in [1.807, 2.05) is 13.0 Å². The van der Waals surface area contributed by atoms with Crippen LogP contribution >= 0.6 is 34.2 Å². The lowest BCUT2D eigenvalue weighted by Gasteiger charge is -2.38. The summed E-state index contributed by atoms with van der Waals surface area (Å²) >= 11 is 8.20. The standard InChI is InChI=1S/C12H14ClIN2O2/c1-12(6-15-7-12)18-5-11(17)16-10-3-2-8(14)4-9(10)13/h2-4,15H,5-7H2,1H3,(H,16,17). The molecule has 1 amide bonds. The SMILES string of the molecule is CC1(OCC(=O)Nc2ccc(I)cc2Cl)CNC1. The predicted octanol–water partition coefficient (Wildman–Crippen LogP) is 2.26. The van der Waals surface area contributed by atoms with Gasteiger partial charge in [0.05, 0.1) is 16.3 Å². The minimum absolute atomic E-state index is 0.0422. The van der Waals surface area contributed by atoms with Crippen LogP contribution in [0.3, 0.4) is 0 Å². The Morgan fingerprint density at radius 1 is 1.61 bits per heavy atom. The molecule has 1 fully saturated rings. The summed E-state index contributed by atoms with van der Waals surface area (Å²) in [7, 11) is 0. The molecule has 0 atom stereocenters. The van der Waals surface area contributed by atoms with Crippen molar-refractivity contribution in [3.05, 3.63) is 26.8 Å². The minimum Gasteiger partial charge on any atom is -0.363 e. The Hall–Kier alpha value is -0.370. The van der Waals surface area contributed by atoms with Crippen LogP contribution in [0.1, 0.15) is 6.92 Å². The average molecular weight is 381 g/mol. The fraction of sp³-hybridized carbons (Fsp3) is 0.417. The molecule has 0 spiro atoms. The van der Waals surface area contributed by atoms with Crippen molar-refractivity contribution in [3.63, 3.8) is 0 Å². The van der Waals surface area contributed by atoms with E-state index < -0.39 is 0 Å². The van der Waals surface area contributed by atoms with Crippen molar-refractivity contribution in [1.29, 1.82) is 0 Å². The second-order valence-electron chi connectivity index (χ2n) is 4.51. The van der Waals surface area contributed by atoms with Crippen LogP contribution in [0.2, 0.25) is 5.02 Å². The largest absolute Gasteiger partial charge is 0.363 e. The molecule has 4 nitrogen and oxygen atoms in total. The Balaban J connectivity index is 1.87. The van der Waals surface area contributed by atoms with Gasteiger partial charge in [-0.3, -0.25) is 4.79 Å². The topological polar surface area (TPSA) is 50.4 Å². The number of carbonyl (C=O) groups is 1. The van der Waals surface area contributed by atoms with E-state index in [1.165, 1.54) is 0 Å². The molecule has 0 bridgehead atoms. The van der Waals surface area contributed by atoms with E-state index in [1.54, 1.807) is 12.1 Å². The highest BCUT2D eigenvalue weighted by Crippen LogP contribution is 2.24. The molecule has 2 rings (SSSR count). The molecular formula is C12H14ClIN2O2. The molecule has 0 aromatic heterocycles. The van der Waals surface area contributed by atoms with Crippen molar-refractivity contribution in [2.24, 2.45) is 0 Å². The summed E-state index contributed by atoms with van der Waals surface area (Å²) in [6, 6.07) is 5.48. The number of nitrogens with one attached hydrogen (secondary N) is 2. The zero-order valence-corrected chi connectivity index (χ0v) is 12.8.